The number of carboxylic acids is 1. The van der Waals surface area contributed by atoms with Crippen LogP contribution in [-0.4, -0.2) is 18.2 Å². The normalized spacial score (nSPS) is 13.5. The molecule has 0 fully saturated rings. The van der Waals surface area contributed by atoms with Gasteiger partial charge in [0.05, 0.1) is 11.5 Å². The summed E-state index contributed by atoms with van der Waals surface area (Å²) in [5.41, 5.74) is 1.50. The number of aliphatic carboxylic acids is 1. The molecule has 0 bridgehead atoms. The predicted molar refractivity (Wildman–Crippen MR) is 62.5 cm³/mol. The molecule has 1 rings (SSSR count). The molecule has 0 aromatic heterocycles. The van der Waals surface area contributed by atoms with Gasteiger partial charge in [-0.25, -0.2) is 0 Å². The second kappa shape index (κ2) is 4.66. The highest BCUT2D eigenvalue weighted by Gasteiger charge is 2.20. The van der Waals surface area contributed by atoms with Gasteiger partial charge in [-0.1, -0.05) is 24.3 Å². The summed E-state index contributed by atoms with van der Waals surface area (Å²) in [6.07, 6.45) is 0. The SMILES string of the molecule is COC(C)(C)c1ccc(C(C)C(=O)O)cc1. The molecule has 0 aliphatic heterocycles. The molecule has 1 N–H and O–H groups in total. The summed E-state index contributed by atoms with van der Waals surface area (Å²) in [5.74, 6) is -1.28. The molecule has 0 radical (unpaired) electrons. The van der Waals surface area contributed by atoms with Crippen LogP contribution < -0.4 is 0 Å². The fourth-order valence-electron chi connectivity index (χ4n) is 1.43. The van der Waals surface area contributed by atoms with Crippen molar-refractivity contribution in [1.29, 1.82) is 0 Å². The Morgan fingerprint density at radius 2 is 1.81 bits per heavy atom. The van der Waals surface area contributed by atoms with Gasteiger partial charge in [0.1, 0.15) is 0 Å². The van der Waals surface area contributed by atoms with Gasteiger partial charge in [0.2, 0.25) is 0 Å². The minimum absolute atomic E-state index is 0.342. The first-order valence-electron chi connectivity index (χ1n) is 5.27. The first kappa shape index (κ1) is 12.7. The molecule has 0 saturated carbocycles. The number of carbonyl (C=O) groups is 1. The maximum absolute atomic E-state index is 10.8. The van der Waals surface area contributed by atoms with E-state index >= 15 is 0 Å². The molecule has 1 aromatic rings. The lowest BCUT2D eigenvalue weighted by Gasteiger charge is -2.23. The third-order valence-corrected chi connectivity index (χ3v) is 2.99. The zero-order valence-corrected chi connectivity index (χ0v) is 10.2. The summed E-state index contributed by atoms with van der Waals surface area (Å²) < 4.78 is 5.36. The third kappa shape index (κ3) is 2.61. The number of rotatable bonds is 4. The van der Waals surface area contributed by atoms with Crippen molar-refractivity contribution in [2.75, 3.05) is 7.11 Å². The lowest BCUT2D eigenvalue weighted by atomic mass is 9.94. The summed E-state index contributed by atoms with van der Waals surface area (Å²) in [5, 5.41) is 8.89. The van der Waals surface area contributed by atoms with Crippen molar-refractivity contribution < 1.29 is 14.6 Å². The summed E-state index contributed by atoms with van der Waals surface area (Å²) in [7, 11) is 1.66. The Morgan fingerprint density at radius 3 is 2.19 bits per heavy atom. The quantitative estimate of drug-likeness (QED) is 0.852. The molecule has 0 spiro atoms. The Labute approximate surface area is 96.1 Å². The maximum Gasteiger partial charge on any atom is 0.310 e. The molecule has 88 valence electrons. The Bertz CT molecular complexity index is 365. The molecule has 1 unspecified atom stereocenters. The summed E-state index contributed by atoms with van der Waals surface area (Å²) >= 11 is 0. The molecule has 0 amide bonds. The van der Waals surface area contributed by atoms with Gasteiger partial charge in [0.25, 0.3) is 0 Å². The van der Waals surface area contributed by atoms with Crippen LogP contribution in [0.3, 0.4) is 0 Å². The lowest BCUT2D eigenvalue weighted by molar-refractivity contribution is -0.138. The van der Waals surface area contributed by atoms with Crippen LogP contribution in [-0.2, 0) is 15.1 Å². The van der Waals surface area contributed by atoms with E-state index in [1.165, 1.54) is 0 Å². The number of benzene rings is 1. The highest BCUT2D eigenvalue weighted by atomic mass is 16.5. The van der Waals surface area contributed by atoms with Gasteiger partial charge in [-0.15, -0.1) is 0 Å². The standard InChI is InChI=1S/C13H18O3/c1-9(12(14)15)10-5-7-11(8-6-10)13(2,3)16-4/h5-9H,1-4H3,(H,14,15). The van der Waals surface area contributed by atoms with E-state index in [0.29, 0.717) is 0 Å². The van der Waals surface area contributed by atoms with Crippen LogP contribution in [0.15, 0.2) is 24.3 Å². The van der Waals surface area contributed by atoms with Crippen LogP contribution >= 0.6 is 0 Å². The predicted octanol–water partition coefficient (Wildman–Crippen LogP) is 2.76. The van der Waals surface area contributed by atoms with Gasteiger partial charge in [0, 0.05) is 7.11 Å². The second-order valence-electron chi connectivity index (χ2n) is 4.40. The minimum atomic E-state index is -0.807. The van der Waals surface area contributed by atoms with E-state index in [2.05, 4.69) is 0 Å². The average Bonchev–Trinajstić information content (AvgIpc) is 2.28. The van der Waals surface area contributed by atoms with Gasteiger partial charge in [-0.2, -0.15) is 0 Å². The zero-order valence-electron chi connectivity index (χ0n) is 10.2. The monoisotopic (exact) mass is 222 g/mol. The molecule has 0 aliphatic rings. The van der Waals surface area contributed by atoms with E-state index < -0.39 is 11.9 Å². The van der Waals surface area contributed by atoms with Gasteiger partial charge < -0.3 is 9.84 Å². The van der Waals surface area contributed by atoms with E-state index in [0.717, 1.165) is 11.1 Å². The second-order valence-corrected chi connectivity index (χ2v) is 4.40. The molecule has 1 atom stereocenters. The van der Waals surface area contributed by atoms with Crippen LogP contribution in [0.1, 0.15) is 37.8 Å². The summed E-state index contributed by atoms with van der Waals surface area (Å²) in [6.45, 7) is 5.63. The minimum Gasteiger partial charge on any atom is -0.481 e. The number of hydrogen-bond donors (Lipinski definition) is 1. The van der Waals surface area contributed by atoms with E-state index in [1.54, 1.807) is 14.0 Å². The number of hydrogen-bond acceptors (Lipinski definition) is 2. The first-order chi connectivity index (χ1) is 7.38. The van der Waals surface area contributed by atoms with Gasteiger partial charge >= 0.3 is 5.97 Å². The number of carboxylic acid groups (broad SMARTS) is 1. The van der Waals surface area contributed by atoms with Crippen molar-refractivity contribution in [3.8, 4) is 0 Å². The summed E-state index contributed by atoms with van der Waals surface area (Å²) in [6, 6.07) is 7.51. The zero-order chi connectivity index (χ0) is 12.3. The molecule has 0 saturated heterocycles. The van der Waals surface area contributed by atoms with Gasteiger partial charge in [-0.05, 0) is 31.9 Å². The van der Waals surface area contributed by atoms with Crippen molar-refractivity contribution >= 4 is 5.97 Å². The fourth-order valence-corrected chi connectivity index (χ4v) is 1.43. The molecule has 3 heteroatoms. The van der Waals surface area contributed by atoms with Gasteiger partial charge in [0.15, 0.2) is 0 Å². The molecular weight excluding hydrogens is 204 g/mol. The Kier molecular flexibility index (Phi) is 3.70. The smallest absolute Gasteiger partial charge is 0.310 e. The van der Waals surface area contributed by atoms with Crippen LogP contribution in [0.4, 0.5) is 0 Å². The number of ether oxygens (including phenoxy) is 1. The van der Waals surface area contributed by atoms with E-state index in [1.807, 2.05) is 38.1 Å². The first-order valence-corrected chi connectivity index (χ1v) is 5.27. The van der Waals surface area contributed by atoms with Crippen molar-refractivity contribution in [1.82, 2.24) is 0 Å². The molecule has 0 aliphatic carbocycles. The largest absolute Gasteiger partial charge is 0.481 e. The van der Waals surface area contributed by atoms with Crippen molar-refractivity contribution in [3.63, 3.8) is 0 Å². The van der Waals surface area contributed by atoms with E-state index in [9.17, 15) is 4.79 Å². The van der Waals surface area contributed by atoms with Crippen molar-refractivity contribution in [2.45, 2.75) is 32.3 Å². The van der Waals surface area contributed by atoms with E-state index in [-0.39, 0.29) is 5.60 Å². The molecule has 1 aromatic carbocycles. The third-order valence-electron chi connectivity index (χ3n) is 2.99. The molecular formula is C13H18O3. The average molecular weight is 222 g/mol. The number of methoxy groups -OCH3 is 1. The highest BCUT2D eigenvalue weighted by Crippen LogP contribution is 2.25. The van der Waals surface area contributed by atoms with Crippen molar-refractivity contribution in [3.05, 3.63) is 35.4 Å². The van der Waals surface area contributed by atoms with Crippen LogP contribution in [0, 0.1) is 0 Å². The Balaban J connectivity index is 2.96. The van der Waals surface area contributed by atoms with Gasteiger partial charge in [-0.3, -0.25) is 4.79 Å². The summed E-state index contributed by atoms with van der Waals surface area (Å²) in [4.78, 5) is 10.8. The van der Waals surface area contributed by atoms with Crippen LogP contribution in [0.2, 0.25) is 0 Å². The topological polar surface area (TPSA) is 46.5 Å². The van der Waals surface area contributed by atoms with Crippen molar-refractivity contribution in [2.24, 2.45) is 0 Å². The molecule has 0 heterocycles. The highest BCUT2D eigenvalue weighted by molar-refractivity contribution is 5.75. The van der Waals surface area contributed by atoms with Crippen LogP contribution in [0.25, 0.3) is 0 Å². The Morgan fingerprint density at radius 1 is 1.31 bits per heavy atom. The van der Waals surface area contributed by atoms with Crippen LogP contribution in [0.5, 0.6) is 0 Å². The maximum atomic E-state index is 10.8. The fraction of sp³-hybridized carbons (Fsp3) is 0.462. The molecule has 16 heavy (non-hydrogen) atoms. The molecule has 3 nitrogen and oxygen atoms in total. The lowest BCUT2D eigenvalue weighted by Crippen LogP contribution is -2.19. The Hall–Kier alpha value is -1.35. The van der Waals surface area contributed by atoms with E-state index in [4.69, 9.17) is 9.84 Å².